The summed E-state index contributed by atoms with van der Waals surface area (Å²) in [6, 6.07) is 7.27. The average molecular weight is 198 g/mol. The molecule has 0 spiro atoms. The van der Waals surface area contributed by atoms with Crippen molar-refractivity contribution < 1.29 is 4.79 Å². The number of hydrogen-bond acceptors (Lipinski definition) is 2. The smallest absolute Gasteiger partial charge is 0.263 e. The molecular formula is C12H10N2O. The summed E-state index contributed by atoms with van der Waals surface area (Å²) in [5.41, 5.74) is 1.63. The van der Waals surface area contributed by atoms with E-state index >= 15 is 0 Å². The highest BCUT2D eigenvalue weighted by Crippen LogP contribution is 2.07. The van der Waals surface area contributed by atoms with Gasteiger partial charge < -0.3 is 0 Å². The van der Waals surface area contributed by atoms with Gasteiger partial charge in [0.25, 0.3) is 5.91 Å². The van der Waals surface area contributed by atoms with Crippen LogP contribution in [0.25, 0.3) is 6.08 Å². The molecule has 0 fully saturated rings. The number of nitrogens with zero attached hydrogens (tertiary/aromatic N) is 2. The van der Waals surface area contributed by atoms with Crippen molar-refractivity contribution in [2.75, 3.05) is 0 Å². The molecule has 0 radical (unpaired) electrons. The van der Waals surface area contributed by atoms with Crippen LogP contribution in [0.15, 0.2) is 49.6 Å². The van der Waals surface area contributed by atoms with Crippen LogP contribution in [0.2, 0.25) is 0 Å². The monoisotopic (exact) mass is 198 g/mol. The molecule has 1 aromatic heterocycles. The molecule has 0 atom stereocenters. The van der Waals surface area contributed by atoms with E-state index in [9.17, 15) is 4.79 Å². The lowest BCUT2D eigenvalue weighted by Crippen LogP contribution is -2.09. The number of carbonyl (C=O) groups excluding carboxylic acids is 1. The minimum absolute atomic E-state index is 0.0805. The summed E-state index contributed by atoms with van der Waals surface area (Å²) in [7, 11) is 0. The summed E-state index contributed by atoms with van der Waals surface area (Å²) in [5, 5.41) is 0. The van der Waals surface area contributed by atoms with Gasteiger partial charge in [0.1, 0.15) is 6.33 Å². The van der Waals surface area contributed by atoms with E-state index in [-0.39, 0.29) is 5.91 Å². The average Bonchev–Trinajstić information content (AvgIpc) is 2.82. The Balaban J connectivity index is 2.30. The third kappa shape index (κ3) is 1.86. The topological polar surface area (TPSA) is 34.9 Å². The minimum atomic E-state index is -0.0805. The molecule has 15 heavy (non-hydrogen) atoms. The van der Waals surface area contributed by atoms with E-state index in [0.717, 1.165) is 5.56 Å². The molecule has 0 amide bonds. The molecule has 2 rings (SSSR count). The van der Waals surface area contributed by atoms with E-state index in [1.165, 1.54) is 10.9 Å². The Bertz CT molecular complexity index is 469. The second-order valence-electron chi connectivity index (χ2n) is 3.10. The van der Waals surface area contributed by atoms with Crippen LogP contribution in [0.3, 0.4) is 0 Å². The van der Waals surface area contributed by atoms with Gasteiger partial charge in [-0.1, -0.05) is 24.8 Å². The van der Waals surface area contributed by atoms with Crippen molar-refractivity contribution in [3.63, 3.8) is 0 Å². The molecule has 1 heterocycles. The van der Waals surface area contributed by atoms with Crippen molar-refractivity contribution in [3.8, 4) is 0 Å². The van der Waals surface area contributed by atoms with Crippen LogP contribution < -0.4 is 0 Å². The van der Waals surface area contributed by atoms with Crippen molar-refractivity contribution >= 4 is 12.0 Å². The normalized spacial score (nSPS) is 9.87. The van der Waals surface area contributed by atoms with Crippen LogP contribution in [0.4, 0.5) is 0 Å². The second-order valence-corrected chi connectivity index (χ2v) is 3.10. The Morgan fingerprint density at radius 2 is 2.07 bits per heavy atom. The first-order valence-electron chi connectivity index (χ1n) is 4.56. The summed E-state index contributed by atoms with van der Waals surface area (Å²) < 4.78 is 1.45. The van der Waals surface area contributed by atoms with Gasteiger partial charge >= 0.3 is 0 Å². The first kappa shape index (κ1) is 9.40. The SMILES string of the molecule is C=Cc1ccc(C(=O)n2ccnc2)cc1. The van der Waals surface area contributed by atoms with Crippen LogP contribution in [0.5, 0.6) is 0 Å². The van der Waals surface area contributed by atoms with Crippen LogP contribution in [-0.2, 0) is 0 Å². The number of benzene rings is 1. The maximum absolute atomic E-state index is 11.8. The van der Waals surface area contributed by atoms with Crippen molar-refractivity contribution in [1.29, 1.82) is 0 Å². The van der Waals surface area contributed by atoms with Crippen LogP contribution in [0.1, 0.15) is 15.9 Å². The van der Waals surface area contributed by atoms with E-state index in [1.54, 1.807) is 30.6 Å². The van der Waals surface area contributed by atoms with Gasteiger partial charge in [0.2, 0.25) is 0 Å². The summed E-state index contributed by atoms with van der Waals surface area (Å²) >= 11 is 0. The molecule has 1 aromatic carbocycles. The zero-order chi connectivity index (χ0) is 10.7. The zero-order valence-electron chi connectivity index (χ0n) is 8.13. The van der Waals surface area contributed by atoms with Crippen molar-refractivity contribution in [2.24, 2.45) is 0 Å². The number of aromatic nitrogens is 2. The predicted octanol–water partition coefficient (Wildman–Crippen LogP) is 2.21. The lowest BCUT2D eigenvalue weighted by Gasteiger charge is -2.01. The Kier molecular flexibility index (Phi) is 2.46. The molecule has 0 saturated heterocycles. The van der Waals surface area contributed by atoms with Gasteiger partial charge in [-0.25, -0.2) is 4.98 Å². The van der Waals surface area contributed by atoms with Crippen LogP contribution in [0, 0.1) is 0 Å². The minimum Gasteiger partial charge on any atom is -0.272 e. The summed E-state index contributed by atoms with van der Waals surface area (Å²) in [6.45, 7) is 3.66. The van der Waals surface area contributed by atoms with Gasteiger partial charge in [0.15, 0.2) is 0 Å². The molecule has 0 N–H and O–H groups in total. The Morgan fingerprint density at radius 1 is 1.33 bits per heavy atom. The number of imidazole rings is 1. The second kappa shape index (κ2) is 3.92. The van der Waals surface area contributed by atoms with Crippen molar-refractivity contribution in [2.45, 2.75) is 0 Å². The zero-order valence-corrected chi connectivity index (χ0v) is 8.13. The molecule has 2 aromatic rings. The summed E-state index contributed by atoms with van der Waals surface area (Å²) in [5.74, 6) is -0.0805. The molecule has 0 saturated carbocycles. The molecule has 0 aliphatic carbocycles. The molecule has 0 unspecified atom stereocenters. The van der Waals surface area contributed by atoms with Gasteiger partial charge in [0, 0.05) is 18.0 Å². The van der Waals surface area contributed by atoms with Gasteiger partial charge in [-0.15, -0.1) is 0 Å². The fraction of sp³-hybridized carbons (Fsp3) is 0. The lowest BCUT2D eigenvalue weighted by molar-refractivity contribution is 0.0960. The summed E-state index contributed by atoms with van der Waals surface area (Å²) in [4.78, 5) is 15.6. The number of hydrogen-bond donors (Lipinski definition) is 0. The maximum Gasteiger partial charge on any atom is 0.263 e. The highest BCUT2D eigenvalue weighted by molar-refractivity contribution is 5.95. The Morgan fingerprint density at radius 3 is 2.60 bits per heavy atom. The standard InChI is InChI=1S/C12H10N2O/c1-2-10-3-5-11(6-4-10)12(15)14-8-7-13-9-14/h2-9H,1H2. The van der Waals surface area contributed by atoms with E-state index in [0.29, 0.717) is 5.56 Å². The largest absolute Gasteiger partial charge is 0.272 e. The molecule has 0 aliphatic rings. The fourth-order valence-electron chi connectivity index (χ4n) is 1.29. The molecule has 0 aliphatic heterocycles. The first-order valence-corrected chi connectivity index (χ1v) is 4.56. The highest BCUT2D eigenvalue weighted by atomic mass is 16.2. The van der Waals surface area contributed by atoms with Gasteiger partial charge in [-0.3, -0.25) is 9.36 Å². The van der Waals surface area contributed by atoms with Crippen LogP contribution >= 0.6 is 0 Å². The van der Waals surface area contributed by atoms with E-state index in [2.05, 4.69) is 11.6 Å². The fourth-order valence-corrected chi connectivity index (χ4v) is 1.29. The first-order chi connectivity index (χ1) is 7.31. The third-order valence-electron chi connectivity index (χ3n) is 2.13. The molecular weight excluding hydrogens is 188 g/mol. The van der Waals surface area contributed by atoms with Crippen molar-refractivity contribution in [3.05, 3.63) is 60.7 Å². The van der Waals surface area contributed by atoms with Gasteiger partial charge in [-0.2, -0.15) is 0 Å². The van der Waals surface area contributed by atoms with Gasteiger partial charge in [-0.05, 0) is 17.7 Å². The highest BCUT2D eigenvalue weighted by Gasteiger charge is 2.06. The third-order valence-corrected chi connectivity index (χ3v) is 2.13. The molecule has 3 heteroatoms. The maximum atomic E-state index is 11.8. The van der Waals surface area contributed by atoms with Crippen molar-refractivity contribution in [1.82, 2.24) is 9.55 Å². The van der Waals surface area contributed by atoms with E-state index in [1.807, 2.05) is 12.1 Å². The van der Waals surface area contributed by atoms with E-state index in [4.69, 9.17) is 0 Å². The van der Waals surface area contributed by atoms with E-state index < -0.39 is 0 Å². The Hall–Kier alpha value is -2.16. The number of rotatable bonds is 2. The number of carbonyl (C=O) groups is 1. The molecule has 0 bridgehead atoms. The van der Waals surface area contributed by atoms with Crippen LogP contribution in [-0.4, -0.2) is 15.5 Å². The molecule has 74 valence electrons. The Labute approximate surface area is 87.7 Å². The van der Waals surface area contributed by atoms with Gasteiger partial charge in [0.05, 0.1) is 0 Å². The predicted molar refractivity (Wildman–Crippen MR) is 58.5 cm³/mol. The lowest BCUT2D eigenvalue weighted by atomic mass is 10.1. The quantitative estimate of drug-likeness (QED) is 0.741. The molecule has 3 nitrogen and oxygen atoms in total. The summed E-state index contributed by atoms with van der Waals surface area (Å²) in [6.07, 6.45) is 6.44.